The van der Waals surface area contributed by atoms with Gasteiger partial charge in [-0.2, -0.15) is 4.98 Å². The van der Waals surface area contributed by atoms with Gasteiger partial charge in [-0.15, -0.1) is 0 Å². The van der Waals surface area contributed by atoms with E-state index in [-0.39, 0.29) is 6.42 Å². The second kappa shape index (κ2) is 6.54. The van der Waals surface area contributed by atoms with Crippen LogP contribution in [0.2, 0.25) is 0 Å². The molecule has 0 aromatic carbocycles. The maximum Gasteiger partial charge on any atom is 0.305 e. The number of ether oxygens (including phenoxy) is 1. The van der Waals surface area contributed by atoms with Crippen molar-refractivity contribution in [1.29, 1.82) is 0 Å². The standard InChI is InChI=1S/C14H21N3O3/c1-2-7-20-12-10-15-9-11(16-12)17-14(8-13(18)19)5-3-4-6-14/h9-10H,2-8H2,1H3,(H,16,17)(H,18,19). The summed E-state index contributed by atoms with van der Waals surface area (Å²) in [5.74, 6) is 0.271. The number of carboxylic acid groups (broad SMARTS) is 1. The highest BCUT2D eigenvalue weighted by molar-refractivity contribution is 5.69. The summed E-state index contributed by atoms with van der Waals surface area (Å²) in [5, 5.41) is 12.4. The molecule has 1 heterocycles. The van der Waals surface area contributed by atoms with E-state index in [0.29, 0.717) is 18.3 Å². The zero-order valence-electron chi connectivity index (χ0n) is 11.8. The summed E-state index contributed by atoms with van der Waals surface area (Å²) < 4.78 is 5.44. The van der Waals surface area contributed by atoms with Gasteiger partial charge in [-0.1, -0.05) is 19.8 Å². The zero-order valence-corrected chi connectivity index (χ0v) is 11.8. The lowest BCUT2D eigenvalue weighted by molar-refractivity contribution is -0.138. The van der Waals surface area contributed by atoms with Crippen LogP contribution in [-0.4, -0.2) is 33.2 Å². The number of hydrogen-bond acceptors (Lipinski definition) is 5. The van der Waals surface area contributed by atoms with Crippen LogP contribution in [0.4, 0.5) is 5.82 Å². The lowest BCUT2D eigenvalue weighted by Crippen LogP contribution is -2.37. The summed E-state index contributed by atoms with van der Waals surface area (Å²) >= 11 is 0. The zero-order chi connectivity index (χ0) is 14.4. The highest BCUT2D eigenvalue weighted by Gasteiger charge is 2.36. The largest absolute Gasteiger partial charge is 0.481 e. The number of carboxylic acids is 1. The van der Waals surface area contributed by atoms with Crippen molar-refractivity contribution in [3.8, 4) is 5.88 Å². The van der Waals surface area contributed by atoms with Gasteiger partial charge in [-0.05, 0) is 19.3 Å². The summed E-state index contributed by atoms with van der Waals surface area (Å²) in [6, 6.07) is 0. The van der Waals surface area contributed by atoms with Crippen LogP contribution in [0.3, 0.4) is 0 Å². The number of anilines is 1. The smallest absolute Gasteiger partial charge is 0.305 e. The monoisotopic (exact) mass is 279 g/mol. The Morgan fingerprint density at radius 1 is 1.45 bits per heavy atom. The molecule has 0 radical (unpaired) electrons. The first kappa shape index (κ1) is 14.6. The molecule has 2 N–H and O–H groups in total. The third-order valence-electron chi connectivity index (χ3n) is 3.51. The molecule has 0 aliphatic heterocycles. The Hall–Kier alpha value is -1.85. The van der Waals surface area contributed by atoms with Crippen molar-refractivity contribution < 1.29 is 14.6 Å². The summed E-state index contributed by atoms with van der Waals surface area (Å²) in [6.07, 6.45) is 7.97. The van der Waals surface area contributed by atoms with Crippen LogP contribution < -0.4 is 10.1 Å². The SMILES string of the molecule is CCCOc1cncc(NC2(CC(=O)O)CCCC2)n1. The number of nitrogens with one attached hydrogen (secondary N) is 1. The van der Waals surface area contributed by atoms with Crippen molar-refractivity contribution in [3.05, 3.63) is 12.4 Å². The predicted octanol–water partition coefficient (Wildman–Crippen LogP) is 2.46. The van der Waals surface area contributed by atoms with E-state index >= 15 is 0 Å². The molecule has 0 spiro atoms. The van der Waals surface area contributed by atoms with Gasteiger partial charge in [0.15, 0.2) is 0 Å². The number of carbonyl (C=O) groups is 1. The van der Waals surface area contributed by atoms with E-state index in [1.807, 2.05) is 6.92 Å². The Morgan fingerprint density at radius 3 is 2.85 bits per heavy atom. The summed E-state index contributed by atoms with van der Waals surface area (Å²) in [4.78, 5) is 19.5. The second-order valence-electron chi connectivity index (χ2n) is 5.27. The van der Waals surface area contributed by atoms with Crippen molar-refractivity contribution in [2.75, 3.05) is 11.9 Å². The Balaban J connectivity index is 2.08. The van der Waals surface area contributed by atoms with Gasteiger partial charge in [0.05, 0.1) is 25.4 Å². The van der Waals surface area contributed by atoms with Gasteiger partial charge in [-0.3, -0.25) is 9.78 Å². The maximum absolute atomic E-state index is 11.1. The molecule has 0 amide bonds. The Labute approximate surface area is 118 Å². The molecule has 2 rings (SSSR count). The van der Waals surface area contributed by atoms with E-state index in [4.69, 9.17) is 9.84 Å². The van der Waals surface area contributed by atoms with Crippen LogP contribution in [0.15, 0.2) is 12.4 Å². The molecule has 1 aromatic rings. The van der Waals surface area contributed by atoms with Crippen molar-refractivity contribution in [3.63, 3.8) is 0 Å². The van der Waals surface area contributed by atoms with Crippen LogP contribution in [0.1, 0.15) is 45.4 Å². The van der Waals surface area contributed by atoms with E-state index in [1.54, 1.807) is 12.4 Å². The minimum absolute atomic E-state index is 0.106. The van der Waals surface area contributed by atoms with Gasteiger partial charge in [0.25, 0.3) is 0 Å². The number of hydrogen-bond donors (Lipinski definition) is 2. The average Bonchev–Trinajstić information content (AvgIpc) is 2.84. The van der Waals surface area contributed by atoms with Gasteiger partial charge >= 0.3 is 5.97 Å². The molecule has 0 saturated heterocycles. The number of nitrogens with zero attached hydrogens (tertiary/aromatic N) is 2. The molecule has 1 fully saturated rings. The quantitative estimate of drug-likeness (QED) is 0.797. The first-order chi connectivity index (χ1) is 9.63. The summed E-state index contributed by atoms with van der Waals surface area (Å²) in [6.45, 7) is 2.62. The van der Waals surface area contributed by atoms with Gasteiger partial charge in [0, 0.05) is 5.54 Å². The molecular weight excluding hydrogens is 258 g/mol. The molecule has 0 atom stereocenters. The van der Waals surface area contributed by atoms with Gasteiger partial charge in [-0.25, -0.2) is 0 Å². The number of aliphatic carboxylic acids is 1. The normalized spacial score (nSPS) is 16.9. The lowest BCUT2D eigenvalue weighted by atomic mass is 9.93. The third-order valence-corrected chi connectivity index (χ3v) is 3.51. The second-order valence-corrected chi connectivity index (χ2v) is 5.27. The van der Waals surface area contributed by atoms with Crippen molar-refractivity contribution >= 4 is 11.8 Å². The van der Waals surface area contributed by atoms with E-state index in [0.717, 1.165) is 32.1 Å². The molecule has 0 unspecified atom stereocenters. The van der Waals surface area contributed by atoms with Crippen LogP contribution in [0.25, 0.3) is 0 Å². The molecule has 6 heteroatoms. The van der Waals surface area contributed by atoms with Crippen molar-refractivity contribution in [2.45, 2.75) is 51.0 Å². The molecule has 0 bridgehead atoms. The summed E-state index contributed by atoms with van der Waals surface area (Å²) in [7, 11) is 0. The Kier molecular flexibility index (Phi) is 4.76. The van der Waals surface area contributed by atoms with Crippen LogP contribution in [-0.2, 0) is 4.79 Å². The molecule has 1 aliphatic rings. The van der Waals surface area contributed by atoms with E-state index in [9.17, 15) is 4.79 Å². The molecule has 6 nitrogen and oxygen atoms in total. The Morgan fingerprint density at radius 2 is 2.20 bits per heavy atom. The van der Waals surface area contributed by atoms with Crippen molar-refractivity contribution in [1.82, 2.24) is 9.97 Å². The molecule has 1 aliphatic carbocycles. The molecule has 1 aromatic heterocycles. The van der Waals surface area contributed by atoms with Gasteiger partial charge in [0.1, 0.15) is 5.82 Å². The highest BCUT2D eigenvalue weighted by atomic mass is 16.5. The van der Waals surface area contributed by atoms with E-state index in [2.05, 4.69) is 15.3 Å². The van der Waals surface area contributed by atoms with Crippen LogP contribution >= 0.6 is 0 Å². The minimum atomic E-state index is -0.786. The fraction of sp³-hybridized carbons (Fsp3) is 0.643. The fourth-order valence-electron chi connectivity index (χ4n) is 2.64. The first-order valence-corrected chi connectivity index (χ1v) is 7.08. The predicted molar refractivity (Wildman–Crippen MR) is 74.9 cm³/mol. The fourth-order valence-corrected chi connectivity index (χ4v) is 2.64. The van der Waals surface area contributed by atoms with Crippen LogP contribution in [0, 0.1) is 0 Å². The highest BCUT2D eigenvalue weighted by Crippen LogP contribution is 2.35. The van der Waals surface area contributed by atoms with Gasteiger partial charge in [0.2, 0.25) is 5.88 Å². The maximum atomic E-state index is 11.1. The van der Waals surface area contributed by atoms with E-state index in [1.165, 1.54) is 0 Å². The number of aromatic nitrogens is 2. The number of rotatable bonds is 7. The van der Waals surface area contributed by atoms with Crippen LogP contribution in [0.5, 0.6) is 5.88 Å². The molecular formula is C14H21N3O3. The van der Waals surface area contributed by atoms with Crippen molar-refractivity contribution in [2.24, 2.45) is 0 Å². The Bertz CT molecular complexity index is 459. The average molecular weight is 279 g/mol. The minimum Gasteiger partial charge on any atom is -0.481 e. The molecule has 1 saturated carbocycles. The van der Waals surface area contributed by atoms with Gasteiger partial charge < -0.3 is 15.2 Å². The third kappa shape index (κ3) is 3.82. The van der Waals surface area contributed by atoms with E-state index < -0.39 is 11.5 Å². The lowest BCUT2D eigenvalue weighted by Gasteiger charge is -2.29. The topological polar surface area (TPSA) is 84.3 Å². The summed E-state index contributed by atoms with van der Waals surface area (Å²) in [5.41, 5.74) is -0.399. The molecule has 110 valence electrons. The first-order valence-electron chi connectivity index (χ1n) is 7.08. The molecule has 20 heavy (non-hydrogen) atoms.